The van der Waals surface area contributed by atoms with Gasteiger partial charge in [-0.3, -0.25) is 9.59 Å². The number of benzene rings is 1. The van der Waals surface area contributed by atoms with Crippen molar-refractivity contribution in [1.82, 2.24) is 10.2 Å². The van der Waals surface area contributed by atoms with E-state index in [9.17, 15) is 9.59 Å². The van der Waals surface area contributed by atoms with Crippen molar-refractivity contribution in [2.45, 2.75) is 32.7 Å². The van der Waals surface area contributed by atoms with Crippen LogP contribution in [-0.4, -0.2) is 56.2 Å². The van der Waals surface area contributed by atoms with Crippen LogP contribution in [-0.2, 0) is 20.7 Å². The second-order valence-corrected chi connectivity index (χ2v) is 6.57. The Kier molecular flexibility index (Phi) is 7.25. The molecule has 1 aliphatic heterocycles. The lowest BCUT2D eigenvalue weighted by Gasteiger charge is -2.32. The van der Waals surface area contributed by atoms with Gasteiger partial charge < -0.3 is 19.7 Å². The highest BCUT2D eigenvalue weighted by molar-refractivity contribution is 5.88. The third-order valence-corrected chi connectivity index (χ3v) is 4.37. The van der Waals surface area contributed by atoms with Crippen LogP contribution in [0.3, 0.4) is 0 Å². The molecule has 1 N–H and O–H groups in total. The van der Waals surface area contributed by atoms with E-state index in [4.69, 9.17) is 9.47 Å². The Morgan fingerprint density at radius 1 is 1.20 bits per heavy atom. The van der Waals surface area contributed by atoms with Crippen LogP contribution in [0.5, 0.6) is 5.75 Å². The summed E-state index contributed by atoms with van der Waals surface area (Å²) in [5, 5.41) is 2.91. The van der Waals surface area contributed by atoms with Gasteiger partial charge in [0.25, 0.3) is 0 Å². The fourth-order valence-electron chi connectivity index (χ4n) is 2.79. The molecule has 0 spiro atoms. The number of hydrogen-bond acceptors (Lipinski definition) is 4. The van der Waals surface area contributed by atoms with Gasteiger partial charge in [0.15, 0.2) is 0 Å². The molecule has 0 saturated carbocycles. The van der Waals surface area contributed by atoms with E-state index in [1.165, 1.54) is 0 Å². The Morgan fingerprint density at radius 3 is 2.40 bits per heavy atom. The van der Waals surface area contributed by atoms with E-state index in [2.05, 4.69) is 5.32 Å². The quantitative estimate of drug-likeness (QED) is 0.813. The number of methoxy groups -OCH3 is 1. The molecule has 1 aliphatic rings. The minimum Gasteiger partial charge on any atom is -0.497 e. The maximum absolute atomic E-state index is 12.7. The molecule has 0 aromatic heterocycles. The summed E-state index contributed by atoms with van der Waals surface area (Å²) in [5.74, 6) is 0.719. The van der Waals surface area contributed by atoms with Gasteiger partial charge >= 0.3 is 0 Å². The Morgan fingerprint density at radius 2 is 1.84 bits per heavy atom. The zero-order valence-electron chi connectivity index (χ0n) is 15.3. The number of carbonyl (C=O) groups is 2. The Balaban J connectivity index is 1.87. The number of nitrogens with one attached hydrogen (secondary N) is 1. The summed E-state index contributed by atoms with van der Waals surface area (Å²) in [5.41, 5.74) is 1.07. The molecule has 2 rings (SSSR count). The van der Waals surface area contributed by atoms with Crippen molar-refractivity contribution in [2.75, 3.05) is 33.4 Å². The second kappa shape index (κ2) is 9.42. The maximum Gasteiger partial charge on any atom is 0.245 e. The number of amides is 2. The molecular formula is C19H28N2O4. The van der Waals surface area contributed by atoms with E-state index < -0.39 is 6.04 Å². The molecule has 1 fully saturated rings. The summed E-state index contributed by atoms with van der Waals surface area (Å²) in [7, 11) is 1.62. The predicted molar refractivity (Wildman–Crippen MR) is 95.5 cm³/mol. The van der Waals surface area contributed by atoms with Crippen molar-refractivity contribution < 1.29 is 19.1 Å². The van der Waals surface area contributed by atoms with E-state index in [0.29, 0.717) is 39.1 Å². The van der Waals surface area contributed by atoms with Crippen molar-refractivity contribution >= 4 is 11.8 Å². The van der Waals surface area contributed by atoms with Crippen LogP contribution in [0.1, 0.15) is 25.8 Å². The summed E-state index contributed by atoms with van der Waals surface area (Å²) in [6.45, 7) is 6.19. The number of aryl methyl sites for hydroxylation is 1. The molecular weight excluding hydrogens is 320 g/mol. The number of hydrogen-bond donors (Lipinski definition) is 1. The first-order chi connectivity index (χ1) is 12.0. The molecule has 1 aromatic rings. The van der Waals surface area contributed by atoms with E-state index in [1.807, 2.05) is 38.1 Å². The van der Waals surface area contributed by atoms with Crippen LogP contribution in [0, 0.1) is 5.92 Å². The van der Waals surface area contributed by atoms with Crippen LogP contribution in [0.2, 0.25) is 0 Å². The number of rotatable bonds is 7. The highest BCUT2D eigenvalue weighted by Gasteiger charge is 2.29. The lowest BCUT2D eigenvalue weighted by Crippen LogP contribution is -2.53. The average molecular weight is 348 g/mol. The molecule has 1 saturated heterocycles. The molecule has 6 nitrogen and oxygen atoms in total. The van der Waals surface area contributed by atoms with E-state index in [-0.39, 0.29) is 17.7 Å². The van der Waals surface area contributed by atoms with E-state index >= 15 is 0 Å². The van der Waals surface area contributed by atoms with Crippen molar-refractivity contribution in [2.24, 2.45) is 5.92 Å². The Labute approximate surface area is 149 Å². The van der Waals surface area contributed by atoms with Gasteiger partial charge in [-0.15, -0.1) is 0 Å². The van der Waals surface area contributed by atoms with Gasteiger partial charge in [0.05, 0.1) is 20.3 Å². The predicted octanol–water partition coefficient (Wildman–Crippen LogP) is 1.63. The molecule has 25 heavy (non-hydrogen) atoms. The summed E-state index contributed by atoms with van der Waals surface area (Å²) in [6, 6.07) is 7.18. The topological polar surface area (TPSA) is 67.9 Å². The molecule has 0 bridgehead atoms. The zero-order valence-corrected chi connectivity index (χ0v) is 15.3. The number of nitrogens with zero attached hydrogens (tertiary/aromatic N) is 1. The maximum atomic E-state index is 12.7. The lowest BCUT2D eigenvalue weighted by atomic mass is 10.0. The lowest BCUT2D eigenvalue weighted by molar-refractivity contribution is -0.141. The summed E-state index contributed by atoms with van der Waals surface area (Å²) in [4.78, 5) is 26.7. The first kappa shape index (κ1) is 19.2. The average Bonchev–Trinajstić information content (AvgIpc) is 2.64. The van der Waals surface area contributed by atoms with Gasteiger partial charge in [0.2, 0.25) is 11.8 Å². The normalized spacial score (nSPS) is 15.8. The second-order valence-electron chi connectivity index (χ2n) is 6.57. The fourth-order valence-corrected chi connectivity index (χ4v) is 2.79. The molecule has 2 amide bonds. The van der Waals surface area contributed by atoms with Crippen molar-refractivity contribution in [3.05, 3.63) is 29.8 Å². The molecule has 0 radical (unpaired) electrons. The standard InChI is InChI=1S/C19H28N2O4/c1-14(2)18(19(23)21-10-12-25-13-11-21)20-17(22)9-6-15-4-7-16(24-3)8-5-15/h4-5,7-8,14,18H,6,9-13H2,1-3H3,(H,20,22)/t18-/m1/s1. The monoisotopic (exact) mass is 348 g/mol. The highest BCUT2D eigenvalue weighted by atomic mass is 16.5. The van der Waals surface area contributed by atoms with Gasteiger partial charge in [0.1, 0.15) is 11.8 Å². The third-order valence-electron chi connectivity index (χ3n) is 4.37. The number of carbonyl (C=O) groups excluding carboxylic acids is 2. The zero-order chi connectivity index (χ0) is 18.2. The van der Waals surface area contributed by atoms with Crippen molar-refractivity contribution in [3.8, 4) is 5.75 Å². The van der Waals surface area contributed by atoms with E-state index in [0.717, 1.165) is 11.3 Å². The first-order valence-corrected chi connectivity index (χ1v) is 8.80. The number of morpholine rings is 1. The molecule has 0 aliphatic carbocycles. The summed E-state index contributed by atoms with van der Waals surface area (Å²) in [6.07, 6.45) is 0.984. The van der Waals surface area contributed by atoms with Gasteiger partial charge in [-0.05, 0) is 30.0 Å². The fraction of sp³-hybridized carbons (Fsp3) is 0.579. The highest BCUT2D eigenvalue weighted by Crippen LogP contribution is 2.13. The van der Waals surface area contributed by atoms with Crippen LogP contribution in [0.25, 0.3) is 0 Å². The van der Waals surface area contributed by atoms with Crippen LogP contribution in [0.4, 0.5) is 0 Å². The molecule has 6 heteroatoms. The summed E-state index contributed by atoms with van der Waals surface area (Å²) >= 11 is 0. The minimum absolute atomic E-state index is 0.0175. The Bertz CT molecular complexity index is 565. The van der Waals surface area contributed by atoms with Crippen LogP contribution in [0.15, 0.2) is 24.3 Å². The third kappa shape index (κ3) is 5.74. The van der Waals surface area contributed by atoms with Gasteiger partial charge in [-0.25, -0.2) is 0 Å². The Hall–Kier alpha value is -2.08. The van der Waals surface area contributed by atoms with E-state index in [1.54, 1.807) is 12.0 Å². The molecule has 0 unspecified atom stereocenters. The van der Waals surface area contributed by atoms with Gasteiger partial charge in [-0.2, -0.15) is 0 Å². The summed E-state index contributed by atoms with van der Waals surface area (Å²) < 4.78 is 10.4. The molecule has 1 heterocycles. The molecule has 138 valence electrons. The first-order valence-electron chi connectivity index (χ1n) is 8.80. The van der Waals surface area contributed by atoms with Crippen molar-refractivity contribution in [3.63, 3.8) is 0 Å². The largest absolute Gasteiger partial charge is 0.497 e. The smallest absolute Gasteiger partial charge is 0.245 e. The van der Waals surface area contributed by atoms with Gasteiger partial charge in [-0.1, -0.05) is 26.0 Å². The van der Waals surface area contributed by atoms with Gasteiger partial charge in [0, 0.05) is 19.5 Å². The van der Waals surface area contributed by atoms with Crippen LogP contribution < -0.4 is 10.1 Å². The molecule has 1 atom stereocenters. The molecule has 1 aromatic carbocycles. The number of ether oxygens (including phenoxy) is 2. The SMILES string of the molecule is COc1ccc(CCC(=O)N[C@@H](C(=O)N2CCOCC2)C(C)C)cc1. The minimum atomic E-state index is -0.485. The van der Waals surface area contributed by atoms with Crippen LogP contribution >= 0.6 is 0 Å². The van der Waals surface area contributed by atoms with Crippen molar-refractivity contribution in [1.29, 1.82) is 0 Å².